The highest BCUT2D eigenvalue weighted by Gasteiger charge is 2.35. The van der Waals surface area contributed by atoms with Crippen LogP contribution >= 0.6 is 11.8 Å². The van der Waals surface area contributed by atoms with E-state index in [0.717, 1.165) is 0 Å². The summed E-state index contributed by atoms with van der Waals surface area (Å²) in [5, 5.41) is 0. The Morgan fingerprint density at radius 3 is 2.73 bits per heavy atom. The van der Waals surface area contributed by atoms with Gasteiger partial charge in [0.2, 0.25) is 6.29 Å². The number of benzene rings is 1. The van der Waals surface area contributed by atoms with E-state index in [0.29, 0.717) is 11.3 Å². The minimum Gasteiger partial charge on any atom is -0.442 e. The van der Waals surface area contributed by atoms with E-state index in [-0.39, 0.29) is 0 Å². The highest BCUT2D eigenvalue weighted by molar-refractivity contribution is 8.00. The van der Waals surface area contributed by atoms with Gasteiger partial charge in [0.15, 0.2) is 11.5 Å². The van der Waals surface area contributed by atoms with Crippen molar-refractivity contribution >= 4 is 23.7 Å². The molecule has 0 aliphatic carbocycles. The lowest BCUT2D eigenvalue weighted by molar-refractivity contribution is -0.173. The first-order valence-electron chi connectivity index (χ1n) is 6.72. The summed E-state index contributed by atoms with van der Waals surface area (Å²) in [6.07, 6.45) is -1.35. The fourth-order valence-electron chi connectivity index (χ4n) is 1.86. The van der Waals surface area contributed by atoms with E-state index in [2.05, 4.69) is 11.8 Å². The maximum Gasteiger partial charge on any atom is 0.339 e. The minimum absolute atomic E-state index is 0.411. The number of hydrogen-bond donors (Lipinski definition) is 0. The zero-order valence-corrected chi connectivity index (χ0v) is 13.1. The molecule has 1 saturated heterocycles. The van der Waals surface area contributed by atoms with Crippen LogP contribution in [0, 0.1) is 11.8 Å². The van der Waals surface area contributed by atoms with E-state index in [1.54, 1.807) is 31.2 Å². The topological polar surface area (TPSA) is 61.8 Å². The summed E-state index contributed by atoms with van der Waals surface area (Å²) in [5.41, 5.74) is -0.0330. The molecule has 6 heteroatoms. The monoisotopic (exact) mass is 320 g/mol. The second-order valence-electron chi connectivity index (χ2n) is 4.46. The molecular weight excluding hydrogens is 304 g/mol. The summed E-state index contributed by atoms with van der Waals surface area (Å²) in [6.45, 7) is 2.98. The van der Waals surface area contributed by atoms with Crippen LogP contribution in [-0.2, 0) is 19.0 Å². The molecule has 0 aromatic heterocycles. The van der Waals surface area contributed by atoms with Crippen molar-refractivity contribution in [2.24, 2.45) is 0 Å². The van der Waals surface area contributed by atoms with Crippen LogP contribution in [0.1, 0.15) is 24.2 Å². The molecule has 0 bridgehead atoms. The molecule has 116 valence electrons. The van der Waals surface area contributed by atoms with Crippen molar-refractivity contribution in [1.29, 1.82) is 0 Å². The summed E-state index contributed by atoms with van der Waals surface area (Å²) in [5.74, 6) is 5.15. The van der Waals surface area contributed by atoms with E-state index in [1.165, 1.54) is 18.7 Å². The number of esters is 2. The molecular formula is C16H16O5S. The first-order chi connectivity index (χ1) is 10.6. The van der Waals surface area contributed by atoms with Crippen molar-refractivity contribution in [1.82, 2.24) is 0 Å². The molecule has 1 fully saturated rings. The van der Waals surface area contributed by atoms with Crippen molar-refractivity contribution in [2.45, 2.75) is 31.7 Å². The van der Waals surface area contributed by atoms with Gasteiger partial charge in [0.1, 0.15) is 0 Å². The van der Waals surface area contributed by atoms with E-state index in [9.17, 15) is 9.59 Å². The lowest BCUT2D eigenvalue weighted by Crippen LogP contribution is -2.30. The van der Waals surface area contributed by atoms with Crippen LogP contribution in [0.2, 0.25) is 0 Å². The third-order valence-electron chi connectivity index (χ3n) is 2.76. The molecule has 1 aliphatic heterocycles. The Balaban J connectivity index is 2.00. The minimum atomic E-state index is -0.719. The standard InChI is InChI=1S/C16H16O5S/c1-3-7-13(16-21-14(10-22-16)19-11(2)17)20-15(18)12-8-5-4-6-9-12/h4-6,8-9,13-14,16H,10H2,1-2H3. The van der Waals surface area contributed by atoms with Crippen LogP contribution in [-0.4, -0.2) is 35.5 Å². The van der Waals surface area contributed by atoms with Gasteiger partial charge in [-0.2, -0.15) is 0 Å². The van der Waals surface area contributed by atoms with E-state index >= 15 is 0 Å². The van der Waals surface area contributed by atoms with Gasteiger partial charge >= 0.3 is 11.9 Å². The second kappa shape index (κ2) is 7.87. The number of ether oxygens (including phenoxy) is 3. The maximum atomic E-state index is 12.1. The fourth-order valence-corrected chi connectivity index (χ4v) is 2.85. The summed E-state index contributed by atoms with van der Waals surface area (Å²) < 4.78 is 16.0. The smallest absolute Gasteiger partial charge is 0.339 e. The van der Waals surface area contributed by atoms with E-state index < -0.39 is 29.8 Å². The van der Waals surface area contributed by atoms with Gasteiger partial charge < -0.3 is 14.2 Å². The third kappa shape index (κ3) is 4.52. The molecule has 0 saturated carbocycles. The van der Waals surface area contributed by atoms with Crippen molar-refractivity contribution in [2.75, 3.05) is 5.75 Å². The molecule has 1 aromatic rings. The molecule has 5 nitrogen and oxygen atoms in total. The number of rotatable bonds is 4. The van der Waals surface area contributed by atoms with Crippen LogP contribution in [0.4, 0.5) is 0 Å². The zero-order valence-electron chi connectivity index (χ0n) is 12.3. The van der Waals surface area contributed by atoms with Crippen LogP contribution in [0.25, 0.3) is 0 Å². The normalized spacial score (nSPS) is 21.4. The van der Waals surface area contributed by atoms with Crippen molar-refractivity contribution in [3.05, 3.63) is 35.9 Å². The third-order valence-corrected chi connectivity index (χ3v) is 3.91. The van der Waals surface area contributed by atoms with Gasteiger partial charge in [-0.3, -0.25) is 4.79 Å². The van der Waals surface area contributed by atoms with E-state index in [4.69, 9.17) is 14.2 Å². The Hall–Kier alpha value is -1.97. The van der Waals surface area contributed by atoms with Gasteiger partial charge in [0, 0.05) is 6.92 Å². The summed E-state index contributed by atoms with van der Waals surface area (Å²) in [6, 6.07) is 8.68. The molecule has 2 rings (SSSR count). The van der Waals surface area contributed by atoms with Crippen molar-refractivity contribution < 1.29 is 23.8 Å². The fraction of sp³-hybridized carbons (Fsp3) is 0.375. The van der Waals surface area contributed by atoms with Crippen LogP contribution in [0.15, 0.2) is 30.3 Å². The molecule has 0 radical (unpaired) electrons. The number of thioether (sulfide) groups is 1. The van der Waals surface area contributed by atoms with Gasteiger partial charge in [-0.05, 0) is 19.1 Å². The summed E-state index contributed by atoms with van der Waals surface area (Å²) in [7, 11) is 0. The van der Waals surface area contributed by atoms with Crippen LogP contribution < -0.4 is 0 Å². The van der Waals surface area contributed by atoms with Gasteiger partial charge in [-0.25, -0.2) is 4.79 Å². The molecule has 3 atom stereocenters. The Labute approximate surface area is 133 Å². The van der Waals surface area contributed by atoms with Crippen LogP contribution in [0.5, 0.6) is 0 Å². The first-order valence-corrected chi connectivity index (χ1v) is 7.77. The average Bonchev–Trinajstić information content (AvgIpc) is 2.95. The zero-order chi connectivity index (χ0) is 15.9. The maximum absolute atomic E-state index is 12.1. The van der Waals surface area contributed by atoms with Gasteiger partial charge in [0.25, 0.3) is 0 Å². The molecule has 0 spiro atoms. The molecule has 1 aliphatic rings. The first kappa shape index (κ1) is 16.4. The summed E-state index contributed by atoms with van der Waals surface area (Å²) >= 11 is 1.40. The largest absolute Gasteiger partial charge is 0.442 e. The highest BCUT2D eigenvalue weighted by atomic mass is 32.2. The molecule has 22 heavy (non-hydrogen) atoms. The molecule has 1 aromatic carbocycles. The second-order valence-corrected chi connectivity index (χ2v) is 5.59. The van der Waals surface area contributed by atoms with Crippen LogP contribution in [0.3, 0.4) is 0 Å². The predicted molar refractivity (Wildman–Crippen MR) is 82.0 cm³/mol. The van der Waals surface area contributed by atoms with E-state index in [1.807, 2.05) is 6.07 Å². The number of carbonyl (C=O) groups is 2. The van der Waals surface area contributed by atoms with Crippen molar-refractivity contribution in [3.63, 3.8) is 0 Å². The van der Waals surface area contributed by atoms with Gasteiger partial charge in [0.05, 0.1) is 11.3 Å². The Morgan fingerprint density at radius 2 is 2.09 bits per heavy atom. The molecule has 0 amide bonds. The summed E-state index contributed by atoms with van der Waals surface area (Å²) in [4.78, 5) is 23.0. The molecule has 0 N–H and O–H groups in total. The number of carbonyl (C=O) groups excluding carboxylic acids is 2. The van der Waals surface area contributed by atoms with Gasteiger partial charge in [-0.1, -0.05) is 24.1 Å². The number of hydrogen-bond acceptors (Lipinski definition) is 6. The van der Waals surface area contributed by atoms with Crippen molar-refractivity contribution in [3.8, 4) is 11.8 Å². The Morgan fingerprint density at radius 1 is 1.36 bits per heavy atom. The SMILES string of the molecule is CC#CC(OC(=O)c1ccccc1)C1OC(OC(C)=O)CS1. The highest BCUT2D eigenvalue weighted by Crippen LogP contribution is 2.30. The Bertz CT molecular complexity index is 590. The van der Waals surface area contributed by atoms with Gasteiger partial charge in [-0.15, -0.1) is 17.7 Å². The molecule has 1 heterocycles. The average molecular weight is 320 g/mol. The quantitative estimate of drug-likeness (QED) is 0.626. The predicted octanol–water partition coefficient (Wildman–Crippen LogP) is 2.21. The lowest BCUT2D eigenvalue weighted by Gasteiger charge is -2.18. The Kier molecular flexibility index (Phi) is 5.87. The molecule has 3 unspecified atom stereocenters. The lowest BCUT2D eigenvalue weighted by atomic mass is 10.2.